The maximum atomic E-state index is 6.35. The van der Waals surface area contributed by atoms with Crippen molar-refractivity contribution in [2.24, 2.45) is 0 Å². The van der Waals surface area contributed by atoms with Gasteiger partial charge in [0.1, 0.15) is 11.2 Å². The largest absolute Gasteiger partial charge is 0.456 e. The van der Waals surface area contributed by atoms with Crippen molar-refractivity contribution in [1.29, 1.82) is 0 Å². The number of furan rings is 1. The van der Waals surface area contributed by atoms with Gasteiger partial charge in [0.15, 0.2) is 17.5 Å². The molecule has 66 heavy (non-hydrogen) atoms. The van der Waals surface area contributed by atoms with Crippen LogP contribution in [0.5, 0.6) is 0 Å². The van der Waals surface area contributed by atoms with E-state index in [2.05, 4.69) is 181 Å². The molecule has 310 valence electrons. The normalized spacial score (nSPS) is 13.1. The zero-order valence-electron chi connectivity index (χ0n) is 36.2. The van der Waals surface area contributed by atoms with Crippen LogP contribution in [0.15, 0.2) is 199 Å². The average molecular weight is 846 g/mol. The van der Waals surface area contributed by atoms with Crippen molar-refractivity contribution in [3.63, 3.8) is 0 Å². The lowest BCUT2D eigenvalue weighted by molar-refractivity contribution is 0.647. The molecule has 4 heterocycles. The van der Waals surface area contributed by atoms with Crippen LogP contribution in [0.25, 0.3) is 128 Å². The zero-order chi connectivity index (χ0) is 43.7. The van der Waals surface area contributed by atoms with Crippen molar-refractivity contribution in [2.45, 2.75) is 19.3 Å². The average Bonchev–Trinajstić information content (AvgIpc) is 4.09. The maximum absolute atomic E-state index is 6.35. The molecule has 0 saturated carbocycles. The van der Waals surface area contributed by atoms with Gasteiger partial charge in [0.05, 0.1) is 11.0 Å². The van der Waals surface area contributed by atoms with Crippen LogP contribution >= 0.6 is 0 Å². The SMILES string of the molecule is CC1(C)c2cc(-c3ccc4c(c3)c3ccccc3n4-c3ccc(-c4nc(-c5ccccc5)nc(-c5ccc6[nH]c7ccccc7c6c5)n4)cc3)ccc2-c2cc3c(cc21)oc1ccccc13. The predicted octanol–water partition coefficient (Wildman–Crippen LogP) is 15.5. The minimum atomic E-state index is -0.182. The highest BCUT2D eigenvalue weighted by atomic mass is 16.3. The molecule has 0 atom stereocenters. The molecule has 13 aromatic rings. The topological polar surface area (TPSA) is 72.5 Å². The zero-order valence-corrected chi connectivity index (χ0v) is 36.2. The molecular formula is C60H39N5O. The molecule has 14 rings (SSSR count). The van der Waals surface area contributed by atoms with Crippen molar-refractivity contribution >= 4 is 65.6 Å². The Kier molecular flexibility index (Phi) is 7.64. The van der Waals surface area contributed by atoms with E-state index in [1.807, 2.05) is 36.4 Å². The summed E-state index contributed by atoms with van der Waals surface area (Å²) in [4.78, 5) is 18.8. The van der Waals surface area contributed by atoms with Crippen molar-refractivity contribution in [1.82, 2.24) is 24.5 Å². The summed E-state index contributed by atoms with van der Waals surface area (Å²) in [5.74, 6) is 1.89. The Hall–Kier alpha value is -8.61. The minimum absolute atomic E-state index is 0.182. The molecule has 0 saturated heterocycles. The van der Waals surface area contributed by atoms with Crippen LogP contribution in [0.1, 0.15) is 25.0 Å². The Morgan fingerprint density at radius 3 is 1.82 bits per heavy atom. The second-order valence-corrected chi connectivity index (χ2v) is 18.1. The van der Waals surface area contributed by atoms with Gasteiger partial charge in [-0.2, -0.15) is 0 Å². The molecule has 0 spiro atoms. The molecule has 6 nitrogen and oxygen atoms in total. The first-order valence-corrected chi connectivity index (χ1v) is 22.5. The number of hydrogen-bond acceptors (Lipinski definition) is 4. The molecule has 1 N–H and O–H groups in total. The number of aromatic nitrogens is 5. The van der Waals surface area contributed by atoms with Gasteiger partial charge < -0.3 is 14.0 Å². The quantitative estimate of drug-likeness (QED) is 0.187. The first-order valence-electron chi connectivity index (χ1n) is 22.5. The fourth-order valence-electron chi connectivity index (χ4n) is 10.7. The summed E-state index contributed by atoms with van der Waals surface area (Å²) in [6.45, 7) is 4.68. The number of nitrogens with one attached hydrogen (secondary N) is 1. The maximum Gasteiger partial charge on any atom is 0.164 e. The van der Waals surface area contributed by atoms with Gasteiger partial charge in [-0.15, -0.1) is 0 Å². The first kappa shape index (κ1) is 36.8. The van der Waals surface area contributed by atoms with E-state index < -0.39 is 0 Å². The number of aromatic amines is 1. The molecule has 0 fully saturated rings. The Balaban J connectivity index is 0.844. The molecule has 0 unspecified atom stereocenters. The van der Waals surface area contributed by atoms with Gasteiger partial charge >= 0.3 is 0 Å². The Morgan fingerprint density at radius 1 is 0.394 bits per heavy atom. The summed E-state index contributed by atoms with van der Waals surface area (Å²) in [7, 11) is 0. The van der Waals surface area contributed by atoms with Gasteiger partial charge in [0.25, 0.3) is 0 Å². The standard InChI is InChI=1S/C60H39N5O/c1-60(2)49-32-38(22-27-41(49)45-33-48-44-16-8-11-19-55(44)66-56(48)34-50(45)60)37-24-29-54-47(30-37)43-15-7-10-18-53(43)65(54)40-25-20-36(21-26-40)58-62-57(35-12-4-3-5-13-35)63-59(64-58)39-23-28-52-46(31-39)42-14-6-9-17-51(42)61-52/h3-34,61H,1-2H3. The van der Waals surface area contributed by atoms with E-state index >= 15 is 0 Å². The van der Waals surface area contributed by atoms with Crippen molar-refractivity contribution in [3.8, 4) is 62.1 Å². The molecule has 1 aliphatic rings. The number of para-hydroxylation sites is 3. The van der Waals surface area contributed by atoms with Gasteiger partial charge in [-0.05, 0) is 124 Å². The molecule has 0 radical (unpaired) electrons. The lowest BCUT2D eigenvalue weighted by Crippen LogP contribution is -2.15. The summed E-state index contributed by atoms with van der Waals surface area (Å²) in [5.41, 5.74) is 17.7. The van der Waals surface area contributed by atoms with Crippen LogP contribution in [0, 0.1) is 0 Å². The third kappa shape index (κ3) is 5.45. The fraction of sp³-hybridized carbons (Fsp3) is 0.0500. The van der Waals surface area contributed by atoms with Gasteiger partial charge in [0.2, 0.25) is 0 Å². The first-order chi connectivity index (χ1) is 32.4. The van der Waals surface area contributed by atoms with Crippen molar-refractivity contribution in [2.75, 3.05) is 0 Å². The Bertz CT molecular complexity index is 4130. The molecule has 9 aromatic carbocycles. The molecule has 0 aliphatic heterocycles. The highest BCUT2D eigenvalue weighted by Crippen LogP contribution is 2.52. The number of rotatable bonds is 5. The molecule has 1 aliphatic carbocycles. The summed E-state index contributed by atoms with van der Waals surface area (Å²) in [5, 5.41) is 7.07. The van der Waals surface area contributed by atoms with Crippen LogP contribution in [0.3, 0.4) is 0 Å². The van der Waals surface area contributed by atoms with E-state index in [4.69, 9.17) is 19.4 Å². The summed E-state index contributed by atoms with van der Waals surface area (Å²) in [6, 6.07) is 69.1. The number of H-pyrrole nitrogens is 1. The monoisotopic (exact) mass is 845 g/mol. The Morgan fingerprint density at radius 2 is 0.985 bits per heavy atom. The van der Waals surface area contributed by atoms with Crippen LogP contribution < -0.4 is 0 Å². The Labute approximate surface area is 379 Å². The molecule has 0 bridgehead atoms. The van der Waals surface area contributed by atoms with Gasteiger partial charge in [-0.3, -0.25) is 0 Å². The molecule has 6 heteroatoms. The minimum Gasteiger partial charge on any atom is -0.456 e. The highest BCUT2D eigenvalue weighted by molar-refractivity contribution is 6.11. The highest BCUT2D eigenvalue weighted by Gasteiger charge is 2.36. The second-order valence-electron chi connectivity index (χ2n) is 18.1. The van der Waals surface area contributed by atoms with Crippen LogP contribution in [-0.4, -0.2) is 24.5 Å². The predicted molar refractivity (Wildman–Crippen MR) is 270 cm³/mol. The van der Waals surface area contributed by atoms with Gasteiger partial charge in [-0.1, -0.05) is 117 Å². The molecular weight excluding hydrogens is 807 g/mol. The molecule has 4 aromatic heterocycles. The van der Waals surface area contributed by atoms with Crippen molar-refractivity contribution in [3.05, 3.63) is 205 Å². The van der Waals surface area contributed by atoms with Gasteiger partial charge in [0, 0.05) is 71.1 Å². The summed E-state index contributed by atoms with van der Waals surface area (Å²) < 4.78 is 8.71. The van der Waals surface area contributed by atoms with E-state index in [0.717, 1.165) is 66.4 Å². The smallest absolute Gasteiger partial charge is 0.164 e. The third-order valence-corrected chi connectivity index (χ3v) is 14.0. The van der Waals surface area contributed by atoms with E-state index in [9.17, 15) is 0 Å². The van der Waals surface area contributed by atoms with Crippen LogP contribution in [-0.2, 0) is 5.41 Å². The lowest BCUT2D eigenvalue weighted by Gasteiger charge is -2.22. The van der Waals surface area contributed by atoms with E-state index in [1.165, 1.54) is 54.9 Å². The molecule has 0 amide bonds. The second kappa shape index (κ2) is 13.7. The van der Waals surface area contributed by atoms with E-state index in [-0.39, 0.29) is 5.41 Å². The van der Waals surface area contributed by atoms with Crippen molar-refractivity contribution < 1.29 is 4.42 Å². The lowest BCUT2D eigenvalue weighted by atomic mass is 9.81. The number of nitrogens with zero attached hydrogens (tertiary/aromatic N) is 4. The van der Waals surface area contributed by atoms with E-state index in [1.54, 1.807) is 0 Å². The number of fused-ring (bicyclic) bond motifs is 12. The number of hydrogen-bond donors (Lipinski definition) is 1. The fourth-order valence-corrected chi connectivity index (χ4v) is 10.7. The summed E-state index contributed by atoms with van der Waals surface area (Å²) >= 11 is 0. The summed E-state index contributed by atoms with van der Waals surface area (Å²) in [6.07, 6.45) is 0. The van der Waals surface area contributed by atoms with Crippen LogP contribution in [0.4, 0.5) is 0 Å². The van der Waals surface area contributed by atoms with E-state index in [0.29, 0.717) is 17.5 Å². The number of benzene rings is 9. The van der Waals surface area contributed by atoms with Crippen LogP contribution in [0.2, 0.25) is 0 Å². The van der Waals surface area contributed by atoms with Gasteiger partial charge in [-0.25, -0.2) is 15.0 Å². The third-order valence-electron chi connectivity index (χ3n) is 14.0.